The predicted molar refractivity (Wildman–Crippen MR) is 94.8 cm³/mol. The van der Waals surface area contributed by atoms with Crippen LogP contribution in [0.2, 0.25) is 0 Å². The standard InChI is InChI=1S/C17H25NOS2/c1-3-14-17(21-11-10-20-14)15(18-4-2)13-7-5-6-12-8-9-19-16(12)13/h5-7,14-15,17-18H,3-4,8-11H2,1-2H3. The fraction of sp³-hybridized carbons (Fsp3) is 0.647. The lowest BCUT2D eigenvalue weighted by Crippen LogP contribution is -2.38. The van der Waals surface area contributed by atoms with Gasteiger partial charge in [-0.05, 0) is 18.5 Å². The Kier molecular flexibility index (Phi) is 5.41. The van der Waals surface area contributed by atoms with Gasteiger partial charge in [-0.3, -0.25) is 0 Å². The third-order valence-corrected chi connectivity index (χ3v) is 7.68. The molecule has 2 aliphatic heterocycles. The van der Waals surface area contributed by atoms with Gasteiger partial charge in [0.1, 0.15) is 5.75 Å². The molecule has 0 radical (unpaired) electrons. The van der Waals surface area contributed by atoms with Crippen molar-refractivity contribution in [2.24, 2.45) is 0 Å². The van der Waals surface area contributed by atoms with Crippen LogP contribution in [-0.2, 0) is 6.42 Å². The molecule has 1 aromatic rings. The summed E-state index contributed by atoms with van der Waals surface area (Å²) in [7, 11) is 0. The molecule has 1 aromatic carbocycles. The summed E-state index contributed by atoms with van der Waals surface area (Å²) in [6.45, 7) is 6.38. The predicted octanol–water partition coefficient (Wildman–Crippen LogP) is 3.90. The molecule has 1 N–H and O–H groups in total. The number of ether oxygens (including phenoxy) is 1. The SMILES string of the molecule is CCNC(c1cccc2c1OCC2)C1SCCSC1CC. The Hall–Kier alpha value is -0.320. The molecule has 2 nitrogen and oxygen atoms in total. The minimum Gasteiger partial charge on any atom is -0.493 e. The summed E-state index contributed by atoms with van der Waals surface area (Å²) in [5.74, 6) is 3.72. The van der Waals surface area contributed by atoms with Crippen LogP contribution in [-0.4, -0.2) is 35.2 Å². The molecule has 21 heavy (non-hydrogen) atoms. The van der Waals surface area contributed by atoms with E-state index in [1.807, 2.05) is 0 Å². The highest BCUT2D eigenvalue weighted by molar-refractivity contribution is 8.07. The maximum atomic E-state index is 5.96. The Bertz CT molecular complexity index is 480. The summed E-state index contributed by atoms with van der Waals surface area (Å²) in [6.07, 6.45) is 2.31. The molecule has 0 spiro atoms. The molecule has 0 aliphatic carbocycles. The van der Waals surface area contributed by atoms with Crippen molar-refractivity contribution < 1.29 is 4.74 Å². The van der Waals surface area contributed by atoms with Gasteiger partial charge in [0, 0.05) is 40.0 Å². The number of fused-ring (bicyclic) bond motifs is 1. The van der Waals surface area contributed by atoms with Crippen molar-refractivity contribution in [2.45, 2.75) is 43.2 Å². The summed E-state index contributed by atoms with van der Waals surface area (Å²) in [4.78, 5) is 0. The number of para-hydroxylation sites is 1. The van der Waals surface area contributed by atoms with Gasteiger partial charge in [-0.15, -0.1) is 0 Å². The first kappa shape index (κ1) is 15.6. The van der Waals surface area contributed by atoms with Crippen molar-refractivity contribution in [3.63, 3.8) is 0 Å². The highest BCUT2D eigenvalue weighted by Crippen LogP contribution is 2.43. The zero-order valence-corrected chi connectivity index (χ0v) is 14.6. The quantitative estimate of drug-likeness (QED) is 0.887. The van der Waals surface area contributed by atoms with Gasteiger partial charge >= 0.3 is 0 Å². The second-order valence-electron chi connectivity index (χ2n) is 5.62. The number of nitrogens with one attached hydrogen (secondary N) is 1. The lowest BCUT2D eigenvalue weighted by atomic mass is 9.97. The van der Waals surface area contributed by atoms with Crippen LogP contribution in [0.25, 0.3) is 0 Å². The Morgan fingerprint density at radius 2 is 2.14 bits per heavy atom. The van der Waals surface area contributed by atoms with Crippen LogP contribution in [0.1, 0.15) is 37.4 Å². The molecule has 3 unspecified atom stereocenters. The van der Waals surface area contributed by atoms with E-state index in [-0.39, 0.29) is 0 Å². The van der Waals surface area contributed by atoms with Crippen LogP contribution in [0.15, 0.2) is 18.2 Å². The van der Waals surface area contributed by atoms with Crippen LogP contribution < -0.4 is 10.1 Å². The summed E-state index contributed by atoms with van der Waals surface area (Å²) >= 11 is 4.30. The molecule has 2 aliphatic rings. The van der Waals surface area contributed by atoms with Crippen LogP contribution in [0.3, 0.4) is 0 Å². The Labute approximate surface area is 136 Å². The number of thioether (sulfide) groups is 2. The maximum absolute atomic E-state index is 5.96. The van der Waals surface area contributed by atoms with Crippen molar-refractivity contribution in [3.8, 4) is 5.75 Å². The van der Waals surface area contributed by atoms with E-state index < -0.39 is 0 Å². The lowest BCUT2D eigenvalue weighted by molar-refractivity contribution is 0.347. The first-order valence-corrected chi connectivity index (χ1v) is 10.2. The smallest absolute Gasteiger partial charge is 0.127 e. The highest BCUT2D eigenvalue weighted by atomic mass is 32.2. The summed E-state index contributed by atoms with van der Waals surface area (Å²) in [5, 5.41) is 5.13. The molecular weight excluding hydrogens is 298 g/mol. The Morgan fingerprint density at radius 1 is 1.29 bits per heavy atom. The van der Waals surface area contributed by atoms with E-state index in [9.17, 15) is 0 Å². The summed E-state index contributed by atoms with van der Waals surface area (Å²) in [6, 6.07) is 7.10. The highest BCUT2D eigenvalue weighted by Gasteiger charge is 2.35. The molecule has 2 heterocycles. The van der Waals surface area contributed by atoms with E-state index in [1.54, 1.807) is 0 Å². The van der Waals surface area contributed by atoms with Crippen molar-refractivity contribution in [1.82, 2.24) is 5.32 Å². The van der Waals surface area contributed by atoms with E-state index in [2.05, 4.69) is 60.9 Å². The lowest BCUT2D eigenvalue weighted by Gasteiger charge is -2.37. The maximum Gasteiger partial charge on any atom is 0.127 e. The second kappa shape index (κ2) is 7.30. The molecule has 0 aromatic heterocycles. The molecule has 116 valence electrons. The number of hydrogen-bond donors (Lipinski definition) is 1. The summed E-state index contributed by atoms with van der Waals surface area (Å²) in [5.41, 5.74) is 2.77. The largest absolute Gasteiger partial charge is 0.493 e. The van der Waals surface area contributed by atoms with E-state index in [0.29, 0.717) is 11.3 Å². The fourth-order valence-corrected chi connectivity index (χ4v) is 6.60. The molecule has 3 atom stereocenters. The van der Waals surface area contributed by atoms with Gasteiger partial charge in [-0.25, -0.2) is 0 Å². The number of hydrogen-bond acceptors (Lipinski definition) is 4. The van der Waals surface area contributed by atoms with Gasteiger partial charge < -0.3 is 10.1 Å². The average Bonchev–Trinajstić information content (AvgIpc) is 3.01. The molecule has 4 heteroatoms. The molecule has 0 saturated carbocycles. The molecular formula is C17H25NOS2. The third kappa shape index (κ3) is 3.22. The van der Waals surface area contributed by atoms with Crippen LogP contribution in [0.4, 0.5) is 0 Å². The van der Waals surface area contributed by atoms with Crippen LogP contribution >= 0.6 is 23.5 Å². The van der Waals surface area contributed by atoms with E-state index >= 15 is 0 Å². The van der Waals surface area contributed by atoms with Crippen molar-refractivity contribution >= 4 is 23.5 Å². The first-order chi connectivity index (χ1) is 10.3. The molecule has 0 amide bonds. The topological polar surface area (TPSA) is 21.3 Å². The normalized spacial score (nSPS) is 26.2. The number of benzene rings is 1. The minimum absolute atomic E-state index is 0.408. The van der Waals surface area contributed by atoms with Crippen molar-refractivity contribution in [1.29, 1.82) is 0 Å². The van der Waals surface area contributed by atoms with Crippen LogP contribution in [0.5, 0.6) is 5.75 Å². The molecule has 0 bridgehead atoms. The minimum atomic E-state index is 0.408. The third-order valence-electron chi connectivity index (χ3n) is 4.33. The first-order valence-electron chi connectivity index (χ1n) is 8.06. The van der Waals surface area contributed by atoms with Gasteiger partial charge in [0.05, 0.1) is 6.61 Å². The zero-order valence-electron chi connectivity index (χ0n) is 12.9. The summed E-state index contributed by atoms with van der Waals surface area (Å²) < 4.78 is 5.96. The molecule has 1 fully saturated rings. The second-order valence-corrected chi connectivity index (χ2v) is 8.26. The van der Waals surface area contributed by atoms with Gasteiger partial charge in [0.15, 0.2) is 0 Å². The van der Waals surface area contributed by atoms with Gasteiger partial charge in [-0.2, -0.15) is 23.5 Å². The van der Waals surface area contributed by atoms with E-state index in [0.717, 1.165) is 30.6 Å². The fourth-order valence-electron chi connectivity index (χ4n) is 3.36. The van der Waals surface area contributed by atoms with Gasteiger partial charge in [0.25, 0.3) is 0 Å². The average molecular weight is 324 g/mol. The van der Waals surface area contributed by atoms with Crippen molar-refractivity contribution in [2.75, 3.05) is 24.7 Å². The van der Waals surface area contributed by atoms with Gasteiger partial charge in [0.2, 0.25) is 0 Å². The Morgan fingerprint density at radius 3 is 2.95 bits per heavy atom. The van der Waals surface area contributed by atoms with Gasteiger partial charge in [-0.1, -0.05) is 32.0 Å². The monoisotopic (exact) mass is 323 g/mol. The van der Waals surface area contributed by atoms with E-state index in [1.165, 1.54) is 29.1 Å². The number of rotatable bonds is 5. The van der Waals surface area contributed by atoms with Crippen LogP contribution in [0, 0.1) is 0 Å². The zero-order chi connectivity index (χ0) is 14.7. The molecule has 1 saturated heterocycles. The van der Waals surface area contributed by atoms with E-state index in [4.69, 9.17) is 4.74 Å². The Balaban J connectivity index is 1.92. The van der Waals surface area contributed by atoms with Crippen molar-refractivity contribution in [3.05, 3.63) is 29.3 Å². The molecule has 3 rings (SSSR count).